The molecule has 19 heavy (non-hydrogen) atoms. The van der Waals surface area contributed by atoms with Gasteiger partial charge in [0, 0.05) is 18.5 Å². The van der Waals surface area contributed by atoms with E-state index in [-0.39, 0.29) is 23.4 Å². The van der Waals surface area contributed by atoms with E-state index in [0.29, 0.717) is 5.41 Å². The van der Waals surface area contributed by atoms with Crippen molar-refractivity contribution in [2.75, 3.05) is 26.2 Å². The topological polar surface area (TPSA) is 50.4 Å². The van der Waals surface area contributed by atoms with E-state index in [1.807, 2.05) is 0 Å². The molecule has 4 fully saturated rings. The van der Waals surface area contributed by atoms with E-state index < -0.39 is 0 Å². The molecule has 4 unspecified atom stereocenters. The van der Waals surface area contributed by atoms with Gasteiger partial charge in [-0.2, -0.15) is 0 Å². The minimum atomic E-state index is 0.0937. The van der Waals surface area contributed by atoms with E-state index >= 15 is 0 Å². The molecule has 0 aromatic heterocycles. The third-order valence-electron chi connectivity index (χ3n) is 5.86. The highest BCUT2D eigenvalue weighted by atomic mass is 16.6. The molecule has 4 heteroatoms. The fraction of sp³-hybridized carbons (Fsp3) is 0.933. The highest BCUT2D eigenvalue weighted by molar-refractivity contribution is 5.77. The normalized spacial score (nSPS) is 48.2. The summed E-state index contributed by atoms with van der Waals surface area (Å²) in [6, 6.07) is 0. The summed E-state index contributed by atoms with van der Waals surface area (Å²) in [4.78, 5) is 12.3. The highest BCUT2D eigenvalue weighted by Crippen LogP contribution is 2.59. The maximum atomic E-state index is 12.3. The molecule has 0 aromatic carbocycles. The lowest BCUT2D eigenvalue weighted by molar-refractivity contribution is -0.149. The Morgan fingerprint density at radius 2 is 1.68 bits per heavy atom. The first-order valence-corrected chi connectivity index (χ1v) is 7.86. The largest absolute Gasteiger partial charge is 0.461 e. The van der Waals surface area contributed by atoms with Crippen molar-refractivity contribution in [3.8, 4) is 0 Å². The van der Waals surface area contributed by atoms with Gasteiger partial charge in [-0.25, -0.2) is 0 Å². The number of carbonyl (C=O) groups excluding carboxylic acids is 1. The summed E-state index contributed by atoms with van der Waals surface area (Å²) < 4.78 is 5.80. The molecule has 2 spiro atoms. The summed E-state index contributed by atoms with van der Waals surface area (Å²) in [7, 11) is 0. The SMILES string of the molecule is O=C(OC1CC12CCCNC2)C1CC12CCCNC2. The van der Waals surface area contributed by atoms with E-state index in [4.69, 9.17) is 4.74 Å². The van der Waals surface area contributed by atoms with Crippen LogP contribution in [0.4, 0.5) is 0 Å². The number of piperidine rings is 2. The Labute approximate surface area is 114 Å². The van der Waals surface area contributed by atoms with Gasteiger partial charge >= 0.3 is 5.97 Å². The molecule has 2 aliphatic heterocycles. The van der Waals surface area contributed by atoms with Gasteiger partial charge in [0.1, 0.15) is 6.10 Å². The Morgan fingerprint density at radius 1 is 1.00 bits per heavy atom. The maximum Gasteiger partial charge on any atom is 0.309 e. The van der Waals surface area contributed by atoms with Gasteiger partial charge in [0.15, 0.2) is 0 Å². The molecule has 2 saturated heterocycles. The van der Waals surface area contributed by atoms with Crippen LogP contribution in [0.2, 0.25) is 0 Å². The van der Waals surface area contributed by atoms with E-state index in [1.165, 1.54) is 25.7 Å². The lowest BCUT2D eigenvalue weighted by Gasteiger charge is -2.24. The zero-order valence-electron chi connectivity index (χ0n) is 11.5. The first-order chi connectivity index (χ1) is 9.24. The average molecular weight is 264 g/mol. The second kappa shape index (κ2) is 4.19. The standard InChI is InChI=1S/C15H24N2O2/c18-13(11-7-14(11)3-1-5-16-9-14)19-12-8-15(12)4-2-6-17-10-15/h11-12,16-17H,1-10H2. The monoisotopic (exact) mass is 264 g/mol. The quantitative estimate of drug-likeness (QED) is 0.732. The fourth-order valence-corrected chi connectivity index (χ4v) is 4.28. The van der Waals surface area contributed by atoms with Gasteiger partial charge in [0.2, 0.25) is 0 Å². The maximum absolute atomic E-state index is 12.3. The Morgan fingerprint density at radius 3 is 2.32 bits per heavy atom. The Hall–Kier alpha value is -0.610. The minimum absolute atomic E-state index is 0.0937. The molecular formula is C15H24N2O2. The summed E-state index contributed by atoms with van der Waals surface area (Å²) in [5.74, 6) is 0.283. The number of rotatable bonds is 2. The molecule has 4 aliphatic rings. The lowest BCUT2D eigenvalue weighted by Crippen LogP contribution is -2.35. The Kier molecular flexibility index (Phi) is 2.68. The molecule has 2 heterocycles. The second-order valence-corrected chi connectivity index (χ2v) is 7.17. The number of carbonyl (C=O) groups is 1. The van der Waals surface area contributed by atoms with Crippen LogP contribution < -0.4 is 10.6 Å². The summed E-state index contributed by atoms with van der Waals surface area (Å²) in [5.41, 5.74) is 0.572. The van der Waals surface area contributed by atoms with Crippen molar-refractivity contribution < 1.29 is 9.53 Å². The zero-order valence-corrected chi connectivity index (χ0v) is 11.5. The highest BCUT2D eigenvalue weighted by Gasteiger charge is 2.62. The third-order valence-corrected chi connectivity index (χ3v) is 5.86. The molecule has 2 aliphatic carbocycles. The van der Waals surface area contributed by atoms with Gasteiger partial charge < -0.3 is 15.4 Å². The predicted octanol–water partition coefficient (Wildman–Crippen LogP) is 1.06. The van der Waals surface area contributed by atoms with Gasteiger partial charge in [-0.3, -0.25) is 4.79 Å². The average Bonchev–Trinajstić information content (AvgIpc) is 3.30. The van der Waals surface area contributed by atoms with Gasteiger partial charge in [-0.1, -0.05) is 0 Å². The first-order valence-electron chi connectivity index (χ1n) is 7.86. The summed E-state index contributed by atoms with van der Waals surface area (Å²) in [6.07, 6.45) is 7.22. The van der Waals surface area contributed by atoms with Crippen LogP contribution in [0.1, 0.15) is 38.5 Å². The van der Waals surface area contributed by atoms with Crippen LogP contribution in [-0.2, 0) is 9.53 Å². The van der Waals surface area contributed by atoms with Crippen molar-refractivity contribution in [3.63, 3.8) is 0 Å². The van der Waals surface area contributed by atoms with Crippen molar-refractivity contribution in [2.24, 2.45) is 16.7 Å². The van der Waals surface area contributed by atoms with Gasteiger partial charge in [0.05, 0.1) is 5.92 Å². The molecule has 2 N–H and O–H groups in total. The van der Waals surface area contributed by atoms with Crippen LogP contribution in [0, 0.1) is 16.7 Å². The molecule has 2 saturated carbocycles. The number of esters is 1. The smallest absolute Gasteiger partial charge is 0.309 e. The zero-order chi connectivity index (χ0) is 12.9. The number of nitrogens with one attached hydrogen (secondary N) is 2. The molecule has 0 amide bonds. The molecule has 4 nitrogen and oxygen atoms in total. The van der Waals surface area contributed by atoms with Crippen molar-refractivity contribution in [1.29, 1.82) is 0 Å². The fourth-order valence-electron chi connectivity index (χ4n) is 4.28. The van der Waals surface area contributed by atoms with Gasteiger partial charge in [0.25, 0.3) is 0 Å². The number of hydrogen-bond acceptors (Lipinski definition) is 4. The number of ether oxygens (including phenoxy) is 1. The Bertz CT molecular complexity index is 384. The van der Waals surface area contributed by atoms with E-state index in [9.17, 15) is 4.79 Å². The van der Waals surface area contributed by atoms with Gasteiger partial charge in [-0.15, -0.1) is 0 Å². The summed E-state index contributed by atoms with van der Waals surface area (Å²) >= 11 is 0. The molecule has 0 radical (unpaired) electrons. The van der Waals surface area contributed by atoms with E-state index in [2.05, 4.69) is 10.6 Å². The summed E-state index contributed by atoms with van der Waals surface area (Å²) in [6.45, 7) is 4.30. The minimum Gasteiger partial charge on any atom is -0.461 e. The van der Waals surface area contributed by atoms with Crippen LogP contribution in [0.3, 0.4) is 0 Å². The van der Waals surface area contributed by atoms with Crippen LogP contribution in [0.25, 0.3) is 0 Å². The predicted molar refractivity (Wildman–Crippen MR) is 71.7 cm³/mol. The molecule has 106 valence electrons. The van der Waals surface area contributed by atoms with Crippen LogP contribution in [0.5, 0.6) is 0 Å². The van der Waals surface area contributed by atoms with Crippen molar-refractivity contribution in [2.45, 2.75) is 44.6 Å². The second-order valence-electron chi connectivity index (χ2n) is 7.17. The molecular weight excluding hydrogens is 240 g/mol. The number of hydrogen-bond donors (Lipinski definition) is 2. The summed E-state index contributed by atoms with van der Waals surface area (Å²) in [5, 5.41) is 6.87. The van der Waals surface area contributed by atoms with Crippen LogP contribution >= 0.6 is 0 Å². The molecule has 4 atom stereocenters. The van der Waals surface area contributed by atoms with Crippen molar-refractivity contribution in [3.05, 3.63) is 0 Å². The molecule has 0 aromatic rings. The van der Waals surface area contributed by atoms with Crippen LogP contribution in [0.15, 0.2) is 0 Å². The molecule has 0 bridgehead atoms. The van der Waals surface area contributed by atoms with Crippen molar-refractivity contribution in [1.82, 2.24) is 10.6 Å². The third kappa shape index (κ3) is 2.00. The lowest BCUT2D eigenvalue weighted by atomic mass is 9.93. The first kappa shape index (κ1) is 12.2. The van der Waals surface area contributed by atoms with Crippen LogP contribution in [-0.4, -0.2) is 38.3 Å². The van der Waals surface area contributed by atoms with Crippen molar-refractivity contribution >= 4 is 5.97 Å². The van der Waals surface area contributed by atoms with E-state index in [1.54, 1.807) is 0 Å². The van der Waals surface area contributed by atoms with E-state index in [0.717, 1.165) is 39.0 Å². The Balaban J connectivity index is 1.31. The molecule has 4 rings (SSSR count). The van der Waals surface area contributed by atoms with Gasteiger partial charge in [-0.05, 0) is 57.0 Å².